The van der Waals surface area contributed by atoms with Crippen molar-refractivity contribution in [2.24, 2.45) is 0 Å². The second kappa shape index (κ2) is 4.03. The number of thiophene rings is 1. The van der Waals surface area contributed by atoms with Crippen LogP contribution in [0, 0.1) is 12.7 Å². The van der Waals surface area contributed by atoms with E-state index in [-0.39, 0.29) is 11.4 Å². The molecule has 2 aromatic heterocycles. The number of halogens is 1. The molecule has 5 heteroatoms. The molecule has 90 valence electrons. The van der Waals surface area contributed by atoms with Crippen LogP contribution < -0.4 is 5.56 Å². The molecule has 0 atom stereocenters. The summed E-state index contributed by atoms with van der Waals surface area (Å²) in [4.78, 5) is 20.3. The third-order valence-electron chi connectivity index (χ3n) is 2.80. The maximum absolute atomic E-state index is 12.9. The van der Waals surface area contributed by atoms with Crippen molar-refractivity contribution in [1.29, 1.82) is 0 Å². The molecule has 0 aliphatic carbocycles. The standard InChI is InChI=1S/C13H9FN2OS/c1-7-10(8-2-4-9(14)5-3-8)11-12(17)15-6-16-13(11)18-7/h2-6H,1H3,(H,15,16,17). The van der Waals surface area contributed by atoms with Gasteiger partial charge in [0.25, 0.3) is 5.56 Å². The molecule has 0 saturated carbocycles. The number of aryl methyl sites for hydroxylation is 1. The van der Waals surface area contributed by atoms with E-state index in [1.54, 1.807) is 12.1 Å². The van der Waals surface area contributed by atoms with Gasteiger partial charge in [0.15, 0.2) is 0 Å². The van der Waals surface area contributed by atoms with Crippen molar-refractivity contribution in [1.82, 2.24) is 9.97 Å². The molecule has 1 N–H and O–H groups in total. The molecular formula is C13H9FN2OS. The number of H-pyrrole nitrogens is 1. The molecule has 18 heavy (non-hydrogen) atoms. The van der Waals surface area contributed by atoms with Gasteiger partial charge in [0.05, 0.1) is 11.7 Å². The Bertz CT molecular complexity index is 774. The van der Waals surface area contributed by atoms with Gasteiger partial charge in [-0.1, -0.05) is 12.1 Å². The van der Waals surface area contributed by atoms with Crippen molar-refractivity contribution >= 4 is 21.6 Å². The van der Waals surface area contributed by atoms with Crippen molar-refractivity contribution in [3.05, 3.63) is 51.6 Å². The van der Waals surface area contributed by atoms with Crippen molar-refractivity contribution in [2.75, 3.05) is 0 Å². The molecule has 0 radical (unpaired) electrons. The Labute approximate surface area is 106 Å². The normalized spacial score (nSPS) is 11.0. The summed E-state index contributed by atoms with van der Waals surface area (Å²) in [7, 11) is 0. The zero-order valence-corrected chi connectivity index (χ0v) is 10.3. The lowest BCUT2D eigenvalue weighted by Gasteiger charge is -2.01. The molecule has 3 aromatic rings. The van der Waals surface area contributed by atoms with Gasteiger partial charge in [0.1, 0.15) is 10.6 Å². The van der Waals surface area contributed by atoms with Gasteiger partial charge in [-0.15, -0.1) is 11.3 Å². The first-order valence-corrected chi connectivity index (χ1v) is 6.21. The summed E-state index contributed by atoms with van der Waals surface area (Å²) in [5.74, 6) is -0.289. The van der Waals surface area contributed by atoms with Crippen molar-refractivity contribution in [2.45, 2.75) is 6.92 Å². The molecule has 0 saturated heterocycles. The predicted molar refractivity (Wildman–Crippen MR) is 70.4 cm³/mol. The fraction of sp³-hybridized carbons (Fsp3) is 0.0769. The number of fused-ring (bicyclic) bond motifs is 1. The van der Waals surface area contributed by atoms with Crippen LogP contribution >= 0.6 is 11.3 Å². The number of nitrogens with zero attached hydrogens (tertiary/aromatic N) is 1. The molecule has 2 heterocycles. The fourth-order valence-electron chi connectivity index (χ4n) is 2.02. The number of hydrogen-bond acceptors (Lipinski definition) is 3. The Balaban J connectivity index is 2.38. The van der Waals surface area contributed by atoms with E-state index in [1.807, 2.05) is 6.92 Å². The van der Waals surface area contributed by atoms with Gasteiger partial charge in [-0.25, -0.2) is 9.37 Å². The third-order valence-corrected chi connectivity index (χ3v) is 3.82. The van der Waals surface area contributed by atoms with Crippen LogP contribution in [0.5, 0.6) is 0 Å². The summed E-state index contributed by atoms with van der Waals surface area (Å²) in [6.07, 6.45) is 1.40. The largest absolute Gasteiger partial charge is 0.313 e. The predicted octanol–water partition coefficient (Wildman–Crippen LogP) is 3.10. The van der Waals surface area contributed by atoms with Crippen LogP contribution in [0.2, 0.25) is 0 Å². The van der Waals surface area contributed by atoms with E-state index in [2.05, 4.69) is 9.97 Å². The first kappa shape index (κ1) is 11.1. The highest BCUT2D eigenvalue weighted by Crippen LogP contribution is 2.35. The Morgan fingerprint density at radius 3 is 2.72 bits per heavy atom. The van der Waals surface area contributed by atoms with E-state index in [1.165, 1.54) is 29.8 Å². The molecule has 0 amide bonds. The van der Waals surface area contributed by atoms with Gasteiger partial charge in [-0.3, -0.25) is 4.79 Å². The van der Waals surface area contributed by atoms with Gasteiger partial charge in [-0.2, -0.15) is 0 Å². The lowest BCUT2D eigenvalue weighted by atomic mass is 10.0. The summed E-state index contributed by atoms with van der Waals surface area (Å²) in [5, 5.41) is 0.576. The van der Waals surface area contributed by atoms with Crippen LogP contribution in [0.15, 0.2) is 35.4 Å². The lowest BCUT2D eigenvalue weighted by Crippen LogP contribution is -2.05. The van der Waals surface area contributed by atoms with Crippen LogP contribution in [-0.4, -0.2) is 9.97 Å². The summed E-state index contributed by atoms with van der Waals surface area (Å²) < 4.78 is 12.9. The first-order valence-electron chi connectivity index (χ1n) is 5.39. The molecule has 0 bridgehead atoms. The third kappa shape index (κ3) is 1.64. The molecule has 0 spiro atoms. The second-order valence-electron chi connectivity index (χ2n) is 3.95. The van der Waals surface area contributed by atoms with Crippen molar-refractivity contribution in [3.8, 4) is 11.1 Å². The quantitative estimate of drug-likeness (QED) is 0.730. The molecule has 0 unspecified atom stereocenters. The number of hydrogen-bond donors (Lipinski definition) is 1. The van der Waals surface area contributed by atoms with E-state index >= 15 is 0 Å². The Morgan fingerprint density at radius 1 is 1.28 bits per heavy atom. The smallest absolute Gasteiger partial charge is 0.260 e. The maximum Gasteiger partial charge on any atom is 0.260 e. The van der Waals surface area contributed by atoms with E-state index < -0.39 is 0 Å². The first-order chi connectivity index (χ1) is 8.66. The Hall–Kier alpha value is -2.01. The average molecular weight is 260 g/mol. The molecule has 3 nitrogen and oxygen atoms in total. The maximum atomic E-state index is 12.9. The molecule has 0 fully saturated rings. The van der Waals surface area contributed by atoms with E-state index in [0.29, 0.717) is 10.2 Å². The van der Waals surface area contributed by atoms with Crippen molar-refractivity contribution in [3.63, 3.8) is 0 Å². The van der Waals surface area contributed by atoms with E-state index in [4.69, 9.17) is 0 Å². The second-order valence-corrected chi connectivity index (χ2v) is 5.16. The summed E-state index contributed by atoms with van der Waals surface area (Å²) >= 11 is 1.47. The highest BCUT2D eigenvalue weighted by molar-refractivity contribution is 7.19. The molecule has 3 rings (SSSR count). The van der Waals surface area contributed by atoms with E-state index in [0.717, 1.165) is 16.0 Å². The molecule has 1 aromatic carbocycles. The zero-order valence-electron chi connectivity index (χ0n) is 9.53. The number of rotatable bonds is 1. The van der Waals surface area contributed by atoms with Crippen LogP contribution in [0.25, 0.3) is 21.3 Å². The summed E-state index contributed by atoms with van der Waals surface area (Å²) in [6.45, 7) is 1.93. The van der Waals surface area contributed by atoms with Gasteiger partial charge in [0.2, 0.25) is 0 Å². The minimum absolute atomic E-state index is 0.163. The Morgan fingerprint density at radius 2 is 2.00 bits per heavy atom. The monoisotopic (exact) mass is 260 g/mol. The SMILES string of the molecule is Cc1sc2nc[nH]c(=O)c2c1-c1ccc(F)cc1. The highest BCUT2D eigenvalue weighted by atomic mass is 32.1. The topological polar surface area (TPSA) is 45.8 Å². The Kier molecular flexibility index (Phi) is 2.48. The van der Waals surface area contributed by atoms with Gasteiger partial charge in [-0.05, 0) is 24.6 Å². The van der Waals surface area contributed by atoms with E-state index in [9.17, 15) is 9.18 Å². The summed E-state index contributed by atoms with van der Waals surface area (Å²) in [5.41, 5.74) is 1.51. The zero-order chi connectivity index (χ0) is 12.7. The minimum atomic E-state index is -0.289. The average Bonchev–Trinajstić information content (AvgIpc) is 2.68. The van der Waals surface area contributed by atoms with Crippen molar-refractivity contribution < 1.29 is 4.39 Å². The summed E-state index contributed by atoms with van der Waals surface area (Å²) in [6, 6.07) is 6.14. The minimum Gasteiger partial charge on any atom is -0.313 e. The van der Waals surface area contributed by atoms with Crippen LogP contribution in [0.3, 0.4) is 0 Å². The molecular weight excluding hydrogens is 251 g/mol. The van der Waals surface area contributed by atoms with Gasteiger partial charge in [0, 0.05) is 10.4 Å². The van der Waals surface area contributed by atoms with Gasteiger partial charge >= 0.3 is 0 Å². The van der Waals surface area contributed by atoms with Crippen LogP contribution in [0.1, 0.15) is 4.88 Å². The number of nitrogens with one attached hydrogen (secondary N) is 1. The molecule has 0 aliphatic rings. The van der Waals surface area contributed by atoms with Crippen LogP contribution in [0.4, 0.5) is 4.39 Å². The fourth-order valence-corrected chi connectivity index (χ4v) is 3.03. The number of aromatic nitrogens is 2. The molecule has 0 aliphatic heterocycles. The number of benzene rings is 1. The lowest BCUT2D eigenvalue weighted by molar-refractivity contribution is 0.628. The number of aromatic amines is 1. The highest BCUT2D eigenvalue weighted by Gasteiger charge is 2.14. The van der Waals surface area contributed by atoms with Gasteiger partial charge < -0.3 is 4.98 Å². The van der Waals surface area contributed by atoms with Crippen LogP contribution in [-0.2, 0) is 0 Å².